The van der Waals surface area contributed by atoms with Crippen LogP contribution in [0.3, 0.4) is 0 Å². The molecule has 0 bridgehead atoms. The van der Waals surface area contributed by atoms with Gasteiger partial charge in [-0.05, 0) is 17.5 Å². The molecule has 4 nitrogen and oxygen atoms in total. The van der Waals surface area contributed by atoms with E-state index in [9.17, 15) is 8.42 Å². The molecule has 0 aliphatic carbocycles. The Bertz CT molecular complexity index is 725. The van der Waals surface area contributed by atoms with E-state index in [0.29, 0.717) is 16.8 Å². The minimum atomic E-state index is -3.45. The van der Waals surface area contributed by atoms with E-state index in [1.54, 1.807) is 18.2 Å². The molecule has 0 saturated carbocycles. The van der Waals surface area contributed by atoms with E-state index < -0.39 is 10.0 Å². The molecule has 0 saturated heterocycles. The lowest BCUT2D eigenvalue weighted by molar-refractivity contribution is 0.603. The largest absolute Gasteiger partial charge is 0.397 e. The van der Waals surface area contributed by atoms with Crippen LogP contribution in [0.15, 0.2) is 33.6 Å². The van der Waals surface area contributed by atoms with E-state index in [4.69, 9.17) is 5.73 Å². The van der Waals surface area contributed by atoms with Crippen molar-refractivity contribution in [3.05, 3.63) is 28.7 Å². The predicted octanol–water partition coefficient (Wildman–Crippen LogP) is 2.30. The summed E-state index contributed by atoms with van der Waals surface area (Å²) in [6, 6.07) is 6.85. The molecule has 0 spiro atoms. The van der Waals surface area contributed by atoms with Gasteiger partial charge in [-0.25, -0.2) is 8.42 Å². The van der Waals surface area contributed by atoms with Gasteiger partial charge >= 0.3 is 0 Å². The summed E-state index contributed by atoms with van der Waals surface area (Å²) in [5.74, 6) is 0. The number of benzene rings is 2. The van der Waals surface area contributed by atoms with Gasteiger partial charge in [0, 0.05) is 9.86 Å². The van der Waals surface area contributed by atoms with E-state index in [-0.39, 0.29) is 4.90 Å². The highest BCUT2D eigenvalue weighted by molar-refractivity contribution is 9.10. The van der Waals surface area contributed by atoms with Crippen LogP contribution < -0.4 is 10.5 Å². The normalized spacial score (nSPS) is 16.3. The Hall–Kier alpha value is -1.27. The molecule has 0 fully saturated rings. The van der Waals surface area contributed by atoms with Gasteiger partial charge in [0.25, 0.3) is 10.0 Å². The number of anilines is 2. The molecule has 1 aliphatic rings. The topological polar surface area (TPSA) is 72.2 Å². The fourth-order valence-electron chi connectivity index (χ4n) is 1.94. The van der Waals surface area contributed by atoms with Gasteiger partial charge in [0.2, 0.25) is 0 Å². The second-order valence-electron chi connectivity index (χ2n) is 3.61. The van der Waals surface area contributed by atoms with Crippen molar-refractivity contribution in [2.45, 2.75) is 4.90 Å². The van der Waals surface area contributed by atoms with E-state index >= 15 is 0 Å². The van der Waals surface area contributed by atoms with Gasteiger partial charge in [0.1, 0.15) is 0 Å². The van der Waals surface area contributed by atoms with Crippen LogP contribution in [0.25, 0.3) is 10.8 Å². The molecule has 6 heteroatoms. The Labute approximate surface area is 101 Å². The lowest BCUT2D eigenvalue weighted by Gasteiger charge is -2.05. The van der Waals surface area contributed by atoms with Crippen LogP contribution in [0.2, 0.25) is 0 Å². The van der Waals surface area contributed by atoms with Gasteiger partial charge in [0.15, 0.2) is 0 Å². The molecular weight excluding hydrogens is 292 g/mol. The quantitative estimate of drug-likeness (QED) is 0.733. The minimum Gasteiger partial charge on any atom is -0.397 e. The first-order chi connectivity index (χ1) is 7.50. The number of halogens is 1. The molecule has 1 heterocycles. The number of nitrogen functional groups attached to an aromatic ring is 1. The van der Waals surface area contributed by atoms with Gasteiger partial charge < -0.3 is 5.73 Å². The van der Waals surface area contributed by atoms with Crippen LogP contribution in [0.5, 0.6) is 0 Å². The predicted molar refractivity (Wildman–Crippen MR) is 66.9 cm³/mol. The second kappa shape index (κ2) is 2.89. The molecule has 0 radical (unpaired) electrons. The average Bonchev–Trinajstić information content (AvgIpc) is 2.50. The molecule has 0 amide bonds. The van der Waals surface area contributed by atoms with Gasteiger partial charge in [-0.2, -0.15) is 0 Å². The molecule has 3 N–H and O–H groups in total. The molecule has 1 aliphatic heterocycles. The Balaban J connectivity index is 2.65. The third-order valence-electron chi connectivity index (χ3n) is 2.63. The zero-order valence-corrected chi connectivity index (χ0v) is 10.4. The summed E-state index contributed by atoms with van der Waals surface area (Å²) in [6.45, 7) is 0. The summed E-state index contributed by atoms with van der Waals surface area (Å²) in [5, 5.41) is 1.50. The Morgan fingerprint density at radius 1 is 1.31 bits per heavy atom. The number of nitrogens with one attached hydrogen (secondary N) is 1. The van der Waals surface area contributed by atoms with Crippen LogP contribution in [-0.2, 0) is 10.0 Å². The van der Waals surface area contributed by atoms with Crippen LogP contribution >= 0.6 is 15.9 Å². The zero-order valence-electron chi connectivity index (χ0n) is 7.99. The fraction of sp³-hybridized carbons (Fsp3) is 0. The highest BCUT2D eigenvalue weighted by atomic mass is 79.9. The third kappa shape index (κ3) is 1.11. The number of sulfonamides is 1. The van der Waals surface area contributed by atoms with Crippen LogP contribution in [0.4, 0.5) is 11.4 Å². The van der Waals surface area contributed by atoms with Crippen molar-refractivity contribution in [2.24, 2.45) is 0 Å². The first kappa shape index (κ1) is 9.92. The van der Waals surface area contributed by atoms with Crippen LogP contribution in [0, 0.1) is 0 Å². The van der Waals surface area contributed by atoms with E-state index in [1.807, 2.05) is 6.07 Å². The molecule has 3 rings (SSSR count). The average molecular weight is 299 g/mol. The Kier molecular flexibility index (Phi) is 1.79. The highest BCUT2D eigenvalue weighted by Gasteiger charge is 2.29. The van der Waals surface area contributed by atoms with Crippen molar-refractivity contribution in [3.8, 4) is 0 Å². The lowest BCUT2D eigenvalue weighted by Crippen LogP contribution is -2.07. The monoisotopic (exact) mass is 298 g/mol. The van der Waals surface area contributed by atoms with Gasteiger partial charge in [0.05, 0.1) is 16.3 Å². The first-order valence-electron chi connectivity index (χ1n) is 4.54. The molecule has 82 valence electrons. The summed E-state index contributed by atoms with van der Waals surface area (Å²) < 4.78 is 26.9. The van der Waals surface area contributed by atoms with E-state index in [1.165, 1.54) is 0 Å². The summed E-state index contributed by atoms with van der Waals surface area (Å²) in [4.78, 5) is 0.285. The molecule has 0 atom stereocenters. The number of hydrogen-bond donors (Lipinski definition) is 2. The SMILES string of the molecule is Nc1cc(Br)c2cccc3c2c1NS3(=O)=O. The maximum Gasteiger partial charge on any atom is 0.262 e. The molecular formula is C10H7BrN2O2S. The third-order valence-corrected chi connectivity index (χ3v) is 4.68. The Morgan fingerprint density at radius 2 is 2.06 bits per heavy atom. The molecule has 0 aromatic heterocycles. The molecule has 0 unspecified atom stereocenters. The summed E-state index contributed by atoms with van der Waals surface area (Å²) >= 11 is 3.38. The fourth-order valence-corrected chi connectivity index (χ4v) is 3.86. The lowest BCUT2D eigenvalue weighted by atomic mass is 10.1. The number of rotatable bonds is 0. The first-order valence-corrected chi connectivity index (χ1v) is 6.82. The maximum absolute atomic E-state index is 11.8. The molecule has 2 aromatic carbocycles. The van der Waals surface area contributed by atoms with Crippen molar-refractivity contribution in [3.63, 3.8) is 0 Å². The van der Waals surface area contributed by atoms with Gasteiger partial charge in [-0.3, -0.25) is 4.72 Å². The number of hydrogen-bond acceptors (Lipinski definition) is 3. The zero-order chi connectivity index (χ0) is 11.5. The smallest absolute Gasteiger partial charge is 0.262 e. The van der Waals surface area contributed by atoms with Crippen molar-refractivity contribution in [1.82, 2.24) is 0 Å². The van der Waals surface area contributed by atoms with Crippen molar-refractivity contribution in [2.75, 3.05) is 10.5 Å². The van der Waals surface area contributed by atoms with Crippen molar-refractivity contribution >= 4 is 48.1 Å². The minimum absolute atomic E-state index is 0.285. The highest BCUT2D eigenvalue weighted by Crippen LogP contribution is 2.43. The van der Waals surface area contributed by atoms with Crippen LogP contribution in [0.1, 0.15) is 0 Å². The summed E-state index contributed by atoms with van der Waals surface area (Å²) in [6.07, 6.45) is 0. The standard InChI is InChI=1S/C10H7BrN2O2S/c11-6-4-7(12)10-9-5(6)2-1-3-8(9)16(14,15)13-10/h1-4,13H,12H2. The van der Waals surface area contributed by atoms with E-state index in [2.05, 4.69) is 20.7 Å². The van der Waals surface area contributed by atoms with Gasteiger partial charge in [-0.1, -0.05) is 28.1 Å². The summed E-state index contributed by atoms with van der Waals surface area (Å²) in [5.41, 5.74) is 6.70. The van der Waals surface area contributed by atoms with Crippen molar-refractivity contribution in [1.29, 1.82) is 0 Å². The summed E-state index contributed by atoms with van der Waals surface area (Å²) in [7, 11) is -3.45. The van der Waals surface area contributed by atoms with Gasteiger partial charge in [-0.15, -0.1) is 0 Å². The Morgan fingerprint density at radius 3 is 2.81 bits per heavy atom. The molecule has 16 heavy (non-hydrogen) atoms. The maximum atomic E-state index is 11.8. The second-order valence-corrected chi connectivity index (χ2v) is 6.11. The van der Waals surface area contributed by atoms with Crippen LogP contribution in [-0.4, -0.2) is 8.42 Å². The molecule has 2 aromatic rings. The van der Waals surface area contributed by atoms with E-state index in [0.717, 1.165) is 9.86 Å². The van der Waals surface area contributed by atoms with Crippen molar-refractivity contribution < 1.29 is 8.42 Å². The number of nitrogens with two attached hydrogens (primary N) is 1.